The van der Waals surface area contributed by atoms with Gasteiger partial charge in [-0.25, -0.2) is 37.1 Å². The number of halogens is 4. The van der Waals surface area contributed by atoms with Gasteiger partial charge in [-0.3, -0.25) is 4.55 Å². The van der Waals surface area contributed by atoms with Crippen molar-refractivity contribution in [1.29, 1.82) is 0 Å². The summed E-state index contributed by atoms with van der Waals surface area (Å²) in [5.74, 6) is -4.78. The molecule has 14 heteroatoms. The van der Waals surface area contributed by atoms with Gasteiger partial charge in [-0.15, -0.1) is 0 Å². The highest BCUT2D eigenvalue weighted by atomic mass is 32.2. The Balaban J connectivity index is 1.44. The molecule has 3 atom stereocenters. The third-order valence-corrected chi connectivity index (χ3v) is 7.45. The molecule has 0 radical (unpaired) electrons. The van der Waals surface area contributed by atoms with Crippen molar-refractivity contribution >= 4 is 17.2 Å². The molecule has 2 aliphatic rings. The number of nitrogens with zero attached hydrogens (tertiary/aromatic N) is 3. The first-order valence-electron chi connectivity index (χ1n) is 12.4. The van der Waals surface area contributed by atoms with Gasteiger partial charge in [0.2, 0.25) is 28.9 Å². The number of nitrogens with one attached hydrogen (secondary N) is 3. The summed E-state index contributed by atoms with van der Waals surface area (Å²) in [5.41, 5.74) is -1.55. The van der Waals surface area contributed by atoms with Crippen molar-refractivity contribution in [2.45, 2.75) is 49.9 Å². The van der Waals surface area contributed by atoms with E-state index in [2.05, 4.69) is 30.3 Å². The molecule has 0 bridgehead atoms. The number of aromatic nitrogens is 3. The summed E-state index contributed by atoms with van der Waals surface area (Å²) in [4.78, 5) is 12.7. The standard InChI is InChI=1S/C25H26F4N6O3S/c26-14-10-15(13-30-12-14)33-24-32-9-5-18(34-24)16-4-3-8-31-23(16)38-19-11-17(27)20(22(29)21(19)28)25(35-39(36)37)6-1-2-7-25/h3-5,8-9,11,14-15,30,35H,1-2,6-7,10,12-13H2,(H,36,37)(H,32,33,34)/t14-,15-/m0/s1. The average molecular weight is 567 g/mol. The molecule has 3 aromatic rings. The number of piperidine rings is 1. The Hall–Kier alpha value is -3.20. The van der Waals surface area contributed by atoms with E-state index in [4.69, 9.17) is 4.74 Å². The molecular formula is C25H26F4N6O3S. The Morgan fingerprint density at radius 2 is 1.90 bits per heavy atom. The summed E-state index contributed by atoms with van der Waals surface area (Å²) in [6.45, 7) is 0.819. The first-order valence-corrected chi connectivity index (χ1v) is 13.5. The molecule has 3 heterocycles. The van der Waals surface area contributed by atoms with E-state index in [1.165, 1.54) is 12.4 Å². The SMILES string of the molecule is O=S(O)NC1(c2c(F)cc(Oc3ncccc3-c3ccnc(N[C@@H]4CNC[C@@H](F)C4)n3)c(F)c2F)CCCC1. The van der Waals surface area contributed by atoms with Crippen molar-refractivity contribution < 1.29 is 31.1 Å². The van der Waals surface area contributed by atoms with Gasteiger partial charge in [0.15, 0.2) is 11.6 Å². The minimum atomic E-state index is -2.57. The lowest BCUT2D eigenvalue weighted by Crippen LogP contribution is -2.44. The minimum Gasteiger partial charge on any atom is -0.435 e. The monoisotopic (exact) mass is 566 g/mol. The highest BCUT2D eigenvalue weighted by Gasteiger charge is 2.43. The van der Waals surface area contributed by atoms with Gasteiger partial charge >= 0.3 is 0 Å². The van der Waals surface area contributed by atoms with Crippen molar-refractivity contribution in [3.63, 3.8) is 0 Å². The number of rotatable bonds is 8. The van der Waals surface area contributed by atoms with Crippen LogP contribution in [0.1, 0.15) is 37.7 Å². The van der Waals surface area contributed by atoms with Crippen LogP contribution in [-0.2, 0) is 16.8 Å². The van der Waals surface area contributed by atoms with Crippen molar-refractivity contribution in [3.05, 3.63) is 59.7 Å². The van der Waals surface area contributed by atoms with Gasteiger partial charge in [0, 0.05) is 49.6 Å². The molecule has 1 aliphatic carbocycles. The van der Waals surface area contributed by atoms with Crippen LogP contribution in [0.2, 0.25) is 0 Å². The second-order valence-electron chi connectivity index (χ2n) is 9.56. The van der Waals surface area contributed by atoms with Crippen LogP contribution in [0.4, 0.5) is 23.5 Å². The fraction of sp³-hybridized carbons (Fsp3) is 0.400. The van der Waals surface area contributed by atoms with Crippen LogP contribution in [0, 0.1) is 17.5 Å². The maximum absolute atomic E-state index is 15.3. The third-order valence-electron chi connectivity index (χ3n) is 6.88. The Morgan fingerprint density at radius 1 is 1.10 bits per heavy atom. The van der Waals surface area contributed by atoms with Crippen LogP contribution in [0.25, 0.3) is 11.3 Å². The quantitative estimate of drug-likeness (QED) is 0.180. The first kappa shape index (κ1) is 27.4. The van der Waals surface area contributed by atoms with E-state index in [0.717, 1.165) is 0 Å². The maximum Gasteiger partial charge on any atom is 0.232 e. The van der Waals surface area contributed by atoms with Gasteiger partial charge in [-0.1, -0.05) is 12.8 Å². The molecule has 1 saturated heterocycles. The van der Waals surface area contributed by atoms with Crippen LogP contribution in [-0.4, -0.2) is 49.0 Å². The summed E-state index contributed by atoms with van der Waals surface area (Å²) in [6.07, 6.45) is 3.53. The fourth-order valence-corrected chi connectivity index (χ4v) is 5.81. The Kier molecular flexibility index (Phi) is 8.07. The average Bonchev–Trinajstić information content (AvgIpc) is 3.36. The molecule has 1 unspecified atom stereocenters. The summed E-state index contributed by atoms with van der Waals surface area (Å²) in [6, 6.07) is 5.19. The number of hydrogen-bond acceptors (Lipinski definition) is 7. The highest BCUT2D eigenvalue weighted by molar-refractivity contribution is 7.77. The lowest BCUT2D eigenvalue weighted by molar-refractivity contribution is 0.254. The fourth-order valence-electron chi connectivity index (χ4n) is 5.17. The number of alkyl halides is 1. The predicted octanol–water partition coefficient (Wildman–Crippen LogP) is 4.36. The Morgan fingerprint density at radius 3 is 2.64 bits per heavy atom. The van der Waals surface area contributed by atoms with Gasteiger partial charge < -0.3 is 15.4 Å². The molecule has 1 aromatic carbocycles. The van der Waals surface area contributed by atoms with E-state index in [1.807, 2.05) is 0 Å². The molecule has 2 aromatic heterocycles. The zero-order valence-electron chi connectivity index (χ0n) is 20.6. The molecule has 4 N–H and O–H groups in total. The second-order valence-corrected chi connectivity index (χ2v) is 10.3. The molecule has 1 saturated carbocycles. The first-order chi connectivity index (χ1) is 18.8. The molecule has 5 rings (SSSR count). The molecule has 2 fully saturated rings. The maximum atomic E-state index is 15.3. The zero-order chi connectivity index (χ0) is 27.6. The van der Waals surface area contributed by atoms with Gasteiger partial charge in [-0.2, -0.15) is 4.39 Å². The van der Waals surface area contributed by atoms with Crippen LogP contribution < -0.4 is 20.1 Å². The van der Waals surface area contributed by atoms with E-state index in [1.54, 1.807) is 18.2 Å². The van der Waals surface area contributed by atoms with Gasteiger partial charge in [0.25, 0.3) is 0 Å². The summed E-state index contributed by atoms with van der Waals surface area (Å²) in [7, 11) is 0. The van der Waals surface area contributed by atoms with Crippen LogP contribution in [0.15, 0.2) is 36.7 Å². The lowest BCUT2D eigenvalue weighted by atomic mass is 9.88. The number of ether oxygens (including phenoxy) is 1. The Labute approximate surface area is 224 Å². The van der Waals surface area contributed by atoms with Crippen molar-refractivity contribution in [1.82, 2.24) is 25.0 Å². The molecule has 208 valence electrons. The summed E-state index contributed by atoms with van der Waals surface area (Å²) in [5, 5.41) is 6.06. The van der Waals surface area contributed by atoms with E-state index in [-0.39, 0.29) is 37.3 Å². The van der Waals surface area contributed by atoms with Gasteiger partial charge in [-0.05, 0) is 31.0 Å². The van der Waals surface area contributed by atoms with Crippen LogP contribution >= 0.6 is 0 Å². The van der Waals surface area contributed by atoms with E-state index in [0.29, 0.717) is 43.1 Å². The largest absolute Gasteiger partial charge is 0.435 e. The van der Waals surface area contributed by atoms with Crippen molar-refractivity contribution in [2.75, 3.05) is 18.4 Å². The number of anilines is 1. The summed E-state index contributed by atoms with van der Waals surface area (Å²) >= 11 is -2.57. The highest BCUT2D eigenvalue weighted by Crippen LogP contribution is 2.44. The van der Waals surface area contributed by atoms with Gasteiger partial charge in [0.1, 0.15) is 12.0 Å². The van der Waals surface area contributed by atoms with E-state index < -0.39 is 51.7 Å². The summed E-state index contributed by atoms with van der Waals surface area (Å²) < 4.78 is 88.2. The van der Waals surface area contributed by atoms with Crippen molar-refractivity contribution in [2.24, 2.45) is 0 Å². The second kappa shape index (κ2) is 11.5. The lowest BCUT2D eigenvalue weighted by Gasteiger charge is -2.30. The number of pyridine rings is 1. The molecule has 39 heavy (non-hydrogen) atoms. The van der Waals surface area contributed by atoms with E-state index >= 15 is 13.2 Å². The predicted molar refractivity (Wildman–Crippen MR) is 135 cm³/mol. The van der Waals surface area contributed by atoms with Crippen LogP contribution in [0.5, 0.6) is 11.6 Å². The van der Waals surface area contributed by atoms with Gasteiger partial charge in [0.05, 0.1) is 16.8 Å². The Bertz CT molecular complexity index is 1380. The smallest absolute Gasteiger partial charge is 0.232 e. The number of benzene rings is 1. The third kappa shape index (κ3) is 5.88. The van der Waals surface area contributed by atoms with E-state index in [9.17, 15) is 13.2 Å². The number of hydrogen-bond donors (Lipinski definition) is 4. The van der Waals surface area contributed by atoms with Crippen molar-refractivity contribution in [3.8, 4) is 22.9 Å². The molecule has 0 spiro atoms. The zero-order valence-corrected chi connectivity index (χ0v) is 21.4. The topological polar surface area (TPSA) is 121 Å². The molecular weight excluding hydrogens is 540 g/mol. The molecule has 0 amide bonds. The van der Waals surface area contributed by atoms with Crippen LogP contribution in [0.3, 0.4) is 0 Å². The molecule has 9 nitrogen and oxygen atoms in total. The normalized spacial score (nSPS) is 21.5. The molecule has 1 aliphatic heterocycles. The minimum absolute atomic E-state index is 0.157.